The van der Waals surface area contributed by atoms with Crippen LogP contribution < -0.4 is 14.8 Å². The van der Waals surface area contributed by atoms with Crippen molar-refractivity contribution in [2.75, 3.05) is 32.6 Å². The number of nitrogens with zero attached hydrogens (tertiary/aromatic N) is 3. The number of anilines is 1. The van der Waals surface area contributed by atoms with E-state index in [2.05, 4.69) is 20.5 Å². The Morgan fingerprint density at radius 2 is 1.88 bits per heavy atom. The van der Waals surface area contributed by atoms with E-state index in [0.29, 0.717) is 60.2 Å². The molecule has 3 heterocycles. The van der Waals surface area contributed by atoms with Crippen molar-refractivity contribution in [1.29, 1.82) is 0 Å². The maximum atomic E-state index is 12.9. The monoisotopic (exact) mass is 435 g/mol. The average molecular weight is 435 g/mol. The quantitative estimate of drug-likeness (QED) is 0.616. The Morgan fingerprint density at radius 3 is 2.56 bits per heavy atom. The van der Waals surface area contributed by atoms with E-state index in [9.17, 15) is 9.59 Å². The van der Waals surface area contributed by atoms with E-state index in [-0.39, 0.29) is 17.7 Å². The Hall–Kier alpha value is -3.88. The molecule has 1 saturated heterocycles. The molecule has 3 aromatic rings. The van der Waals surface area contributed by atoms with Crippen molar-refractivity contribution < 1.29 is 19.1 Å². The van der Waals surface area contributed by atoms with Crippen LogP contribution in [0.1, 0.15) is 23.3 Å². The smallest absolute Gasteiger partial charge is 0.271 e. The first kappa shape index (κ1) is 21.4. The van der Waals surface area contributed by atoms with Gasteiger partial charge >= 0.3 is 0 Å². The zero-order valence-electron chi connectivity index (χ0n) is 18.0. The molecule has 166 valence electrons. The summed E-state index contributed by atoms with van der Waals surface area (Å²) in [6.07, 6.45) is 2.84. The van der Waals surface area contributed by atoms with Crippen molar-refractivity contribution in [3.63, 3.8) is 0 Å². The Balaban J connectivity index is 1.34. The van der Waals surface area contributed by atoms with E-state index in [1.807, 2.05) is 18.2 Å². The van der Waals surface area contributed by atoms with Gasteiger partial charge in [-0.3, -0.25) is 19.7 Å². The fourth-order valence-electron chi connectivity index (χ4n) is 3.73. The Kier molecular flexibility index (Phi) is 6.34. The molecule has 32 heavy (non-hydrogen) atoms. The van der Waals surface area contributed by atoms with E-state index < -0.39 is 0 Å². The van der Waals surface area contributed by atoms with Gasteiger partial charge in [-0.05, 0) is 43.2 Å². The third kappa shape index (κ3) is 4.56. The highest BCUT2D eigenvalue weighted by atomic mass is 16.5. The number of amides is 2. The van der Waals surface area contributed by atoms with Gasteiger partial charge < -0.3 is 19.7 Å². The number of likely N-dealkylation sites (tertiary alicyclic amines) is 1. The number of hydrogen-bond acceptors (Lipinski definition) is 6. The molecule has 1 aliphatic rings. The van der Waals surface area contributed by atoms with Gasteiger partial charge in [0, 0.05) is 31.3 Å². The molecule has 0 atom stereocenters. The lowest BCUT2D eigenvalue weighted by molar-refractivity contribution is -0.121. The van der Waals surface area contributed by atoms with Crippen LogP contribution in [0.25, 0.3) is 11.4 Å². The first-order valence-electron chi connectivity index (χ1n) is 10.4. The molecule has 4 rings (SSSR count). The highest BCUT2D eigenvalue weighted by molar-refractivity contribution is 5.95. The second-order valence-corrected chi connectivity index (χ2v) is 7.50. The number of aromatic amines is 1. The lowest BCUT2D eigenvalue weighted by atomic mass is 9.95. The number of piperidine rings is 1. The molecule has 0 saturated carbocycles. The number of carbonyl (C=O) groups excluding carboxylic acids is 2. The van der Waals surface area contributed by atoms with E-state index in [0.717, 1.165) is 0 Å². The minimum absolute atomic E-state index is 0.0838. The largest absolute Gasteiger partial charge is 0.497 e. The zero-order chi connectivity index (χ0) is 22.5. The highest BCUT2D eigenvalue weighted by Crippen LogP contribution is 2.30. The first-order valence-corrected chi connectivity index (χ1v) is 10.4. The summed E-state index contributed by atoms with van der Waals surface area (Å²) in [5.41, 5.74) is 2.33. The molecule has 2 amide bonds. The average Bonchev–Trinajstić information content (AvgIpc) is 3.35. The van der Waals surface area contributed by atoms with Gasteiger partial charge in [-0.15, -0.1) is 0 Å². The molecule has 1 aliphatic heterocycles. The van der Waals surface area contributed by atoms with Crippen molar-refractivity contribution >= 4 is 17.5 Å². The highest BCUT2D eigenvalue weighted by Gasteiger charge is 2.29. The van der Waals surface area contributed by atoms with Crippen LogP contribution >= 0.6 is 0 Å². The van der Waals surface area contributed by atoms with Crippen LogP contribution in [0.3, 0.4) is 0 Å². The van der Waals surface area contributed by atoms with Crippen molar-refractivity contribution in [3.05, 3.63) is 54.4 Å². The van der Waals surface area contributed by atoms with Crippen molar-refractivity contribution in [3.8, 4) is 22.9 Å². The van der Waals surface area contributed by atoms with Gasteiger partial charge in [-0.25, -0.2) is 0 Å². The summed E-state index contributed by atoms with van der Waals surface area (Å²) in [4.78, 5) is 31.6. The molecule has 1 aromatic carbocycles. The predicted molar refractivity (Wildman–Crippen MR) is 119 cm³/mol. The van der Waals surface area contributed by atoms with Gasteiger partial charge in [0.15, 0.2) is 0 Å². The molecular formula is C23H25N5O4. The molecule has 2 N–H and O–H groups in total. The number of pyridine rings is 1. The van der Waals surface area contributed by atoms with Crippen LogP contribution in [-0.2, 0) is 4.79 Å². The third-order valence-corrected chi connectivity index (χ3v) is 5.56. The van der Waals surface area contributed by atoms with Crippen LogP contribution in [0, 0.1) is 5.92 Å². The molecule has 9 nitrogen and oxygen atoms in total. The lowest BCUT2D eigenvalue weighted by Gasteiger charge is -2.31. The maximum Gasteiger partial charge on any atom is 0.271 e. The molecule has 2 aromatic heterocycles. The number of H-pyrrole nitrogens is 1. The van der Waals surface area contributed by atoms with E-state index in [4.69, 9.17) is 9.47 Å². The minimum atomic E-state index is -0.184. The molecular weight excluding hydrogens is 410 g/mol. The van der Waals surface area contributed by atoms with Crippen molar-refractivity contribution in [1.82, 2.24) is 20.1 Å². The number of hydrogen-bond donors (Lipinski definition) is 2. The molecule has 0 unspecified atom stereocenters. The van der Waals surface area contributed by atoms with E-state index in [1.54, 1.807) is 49.6 Å². The second-order valence-electron chi connectivity index (χ2n) is 7.50. The number of nitrogens with one attached hydrogen (secondary N) is 2. The molecule has 1 fully saturated rings. The van der Waals surface area contributed by atoms with Gasteiger partial charge in [-0.1, -0.05) is 6.07 Å². The summed E-state index contributed by atoms with van der Waals surface area (Å²) in [6.45, 7) is 0.989. The molecule has 0 radical (unpaired) electrons. The van der Waals surface area contributed by atoms with Crippen molar-refractivity contribution in [2.45, 2.75) is 12.8 Å². The minimum Gasteiger partial charge on any atom is -0.497 e. The van der Waals surface area contributed by atoms with Gasteiger partial charge in [0.05, 0.1) is 25.6 Å². The van der Waals surface area contributed by atoms with Crippen LogP contribution in [0.2, 0.25) is 0 Å². The Morgan fingerprint density at radius 1 is 1.06 bits per heavy atom. The SMILES string of the molecule is COc1ccc(NC(=O)C2CCN(C(=O)c3cc(-c4ccccn4)n[nH]3)CC2)c(OC)c1. The number of carbonyl (C=O) groups is 2. The standard InChI is InChI=1S/C23H25N5O4/c1-31-16-6-7-18(21(13-16)32-2)25-22(29)15-8-11-28(12-9-15)23(30)20-14-19(26-27-20)17-5-3-4-10-24-17/h3-7,10,13-15H,8-9,11-12H2,1-2H3,(H,25,29)(H,26,27). The van der Waals surface area contributed by atoms with Gasteiger partial charge in [0.25, 0.3) is 5.91 Å². The Labute approximate surface area is 185 Å². The zero-order valence-corrected chi connectivity index (χ0v) is 18.0. The van der Waals surface area contributed by atoms with Crippen molar-refractivity contribution in [2.24, 2.45) is 5.92 Å². The molecule has 0 bridgehead atoms. The van der Waals surface area contributed by atoms with Gasteiger partial charge in [0.2, 0.25) is 5.91 Å². The van der Waals surface area contributed by atoms with E-state index >= 15 is 0 Å². The summed E-state index contributed by atoms with van der Waals surface area (Å²) in [6, 6.07) is 12.5. The normalized spacial score (nSPS) is 14.1. The summed E-state index contributed by atoms with van der Waals surface area (Å²) in [7, 11) is 3.12. The summed E-state index contributed by atoms with van der Waals surface area (Å²) in [5.74, 6) is 0.788. The summed E-state index contributed by atoms with van der Waals surface area (Å²) >= 11 is 0. The van der Waals surface area contributed by atoms with Gasteiger partial charge in [0.1, 0.15) is 22.9 Å². The molecule has 0 aliphatic carbocycles. The van der Waals surface area contributed by atoms with Crippen LogP contribution in [0.15, 0.2) is 48.7 Å². The first-order chi connectivity index (χ1) is 15.6. The summed E-state index contributed by atoms with van der Waals surface area (Å²) in [5, 5.41) is 9.94. The number of aromatic nitrogens is 3. The molecule has 9 heteroatoms. The topological polar surface area (TPSA) is 109 Å². The van der Waals surface area contributed by atoms with Crippen LogP contribution in [-0.4, -0.2) is 59.2 Å². The summed E-state index contributed by atoms with van der Waals surface area (Å²) < 4.78 is 10.5. The van der Waals surface area contributed by atoms with Crippen LogP contribution in [0.5, 0.6) is 11.5 Å². The maximum absolute atomic E-state index is 12.9. The fourth-order valence-corrected chi connectivity index (χ4v) is 3.73. The predicted octanol–water partition coefficient (Wildman–Crippen LogP) is 2.98. The number of ether oxygens (including phenoxy) is 2. The Bertz CT molecular complexity index is 1090. The van der Waals surface area contributed by atoms with Gasteiger partial charge in [-0.2, -0.15) is 5.10 Å². The van der Waals surface area contributed by atoms with E-state index in [1.165, 1.54) is 0 Å². The number of benzene rings is 1. The third-order valence-electron chi connectivity index (χ3n) is 5.56. The number of methoxy groups -OCH3 is 2. The second kappa shape index (κ2) is 9.51. The van der Waals surface area contributed by atoms with Crippen LogP contribution in [0.4, 0.5) is 5.69 Å². The number of rotatable bonds is 6. The fraction of sp³-hybridized carbons (Fsp3) is 0.304. The lowest BCUT2D eigenvalue weighted by Crippen LogP contribution is -2.41. The molecule has 0 spiro atoms.